The van der Waals surface area contributed by atoms with E-state index in [9.17, 15) is 0 Å². The normalized spacial score (nSPS) is 12.2. The van der Waals surface area contributed by atoms with Crippen LogP contribution in [0, 0.1) is 0 Å². The predicted octanol–water partition coefficient (Wildman–Crippen LogP) is 5.30. The van der Waals surface area contributed by atoms with E-state index in [1.165, 1.54) is 0 Å². The summed E-state index contributed by atoms with van der Waals surface area (Å²) in [5.41, 5.74) is 7.08. The van der Waals surface area contributed by atoms with Crippen molar-refractivity contribution in [1.29, 1.82) is 0 Å². The number of halogens is 2. The number of benzene rings is 2. The first-order chi connectivity index (χ1) is 9.10. The third-order valence-electron chi connectivity index (χ3n) is 2.87. The lowest BCUT2D eigenvalue weighted by Crippen LogP contribution is -2.07. The van der Waals surface area contributed by atoms with E-state index < -0.39 is 0 Å². The van der Waals surface area contributed by atoms with Crippen LogP contribution in [0.5, 0.6) is 11.5 Å². The lowest BCUT2D eigenvalue weighted by Gasteiger charge is -2.11. The third-order valence-corrected chi connectivity index (χ3v) is 3.67. The molecule has 0 aromatic heterocycles. The molecule has 0 aliphatic carbocycles. The summed E-state index contributed by atoms with van der Waals surface area (Å²) in [4.78, 5) is 0. The van der Waals surface area contributed by atoms with Crippen molar-refractivity contribution >= 4 is 27.5 Å². The highest BCUT2D eigenvalue weighted by atomic mass is 79.9. The Labute approximate surface area is 126 Å². The van der Waals surface area contributed by atoms with Crippen molar-refractivity contribution in [3.8, 4) is 11.5 Å². The summed E-state index contributed by atoms with van der Waals surface area (Å²) < 4.78 is 6.68. The molecule has 2 aromatic carbocycles. The van der Waals surface area contributed by atoms with E-state index >= 15 is 0 Å². The van der Waals surface area contributed by atoms with Crippen LogP contribution in [0.1, 0.15) is 24.9 Å². The van der Waals surface area contributed by atoms with Gasteiger partial charge in [0, 0.05) is 10.5 Å². The van der Waals surface area contributed by atoms with Crippen LogP contribution in [0.25, 0.3) is 0 Å². The number of hydrogen-bond acceptors (Lipinski definition) is 2. The maximum atomic E-state index is 6.08. The summed E-state index contributed by atoms with van der Waals surface area (Å²) in [6, 6.07) is 13.4. The SMILES string of the molecule is CC[C@@H](N)c1ccc(Oc2cc(Br)ccc2Cl)cc1. The van der Waals surface area contributed by atoms with Gasteiger partial charge in [-0.2, -0.15) is 0 Å². The Morgan fingerprint density at radius 3 is 2.53 bits per heavy atom. The van der Waals surface area contributed by atoms with Gasteiger partial charge in [-0.1, -0.05) is 46.6 Å². The maximum Gasteiger partial charge on any atom is 0.147 e. The molecule has 0 aliphatic heterocycles. The molecule has 0 heterocycles. The molecule has 1 atom stereocenters. The molecule has 0 fully saturated rings. The lowest BCUT2D eigenvalue weighted by atomic mass is 10.1. The molecule has 2 aromatic rings. The second kappa shape index (κ2) is 6.42. The van der Waals surface area contributed by atoms with E-state index in [1.807, 2.05) is 36.4 Å². The van der Waals surface area contributed by atoms with E-state index in [0.717, 1.165) is 22.2 Å². The molecule has 0 bridgehead atoms. The van der Waals surface area contributed by atoms with Gasteiger partial charge in [-0.05, 0) is 42.3 Å². The van der Waals surface area contributed by atoms with Gasteiger partial charge < -0.3 is 10.5 Å². The molecule has 0 spiro atoms. The van der Waals surface area contributed by atoms with Crippen molar-refractivity contribution in [2.24, 2.45) is 5.73 Å². The van der Waals surface area contributed by atoms with Gasteiger partial charge in [-0.25, -0.2) is 0 Å². The molecule has 0 saturated heterocycles. The Morgan fingerprint density at radius 1 is 1.21 bits per heavy atom. The Kier molecular flexibility index (Phi) is 4.86. The van der Waals surface area contributed by atoms with Crippen LogP contribution < -0.4 is 10.5 Å². The van der Waals surface area contributed by atoms with Gasteiger partial charge in [0.25, 0.3) is 0 Å². The molecule has 2 nitrogen and oxygen atoms in total. The van der Waals surface area contributed by atoms with Crippen LogP contribution in [-0.2, 0) is 0 Å². The van der Waals surface area contributed by atoms with Crippen molar-refractivity contribution < 1.29 is 4.74 Å². The molecule has 0 aliphatic rings. The van der Waals surface area contributed by atoms with Crippen LogP contribution in [0.15, 0.2) is 46.9 Å². The van der Waals surface area contributed by atoms with E-state index in [1.54, 1.807) is 6.07 Å². The molecule has 0 radical (unpaired) electrons. The Bertz CT molecular complexity index is 557. The predicted molar refractivity (Wildman–Crippen MR) is 82.9 cm³/mol. The van der Waals surface area contributed by atoms with Gasteiger partial charge in [-0.3, -0.25) is 0 Å². The van der Waals surface area contributed by atoms with Crippen molar-refractivity contribution in [3.05, 3.63) is 57.5 Å². The highest BCUT2D eigenvalue weighted by molar-refractivity contribution is 9.10. The first kappa shape index (κ1) is 14.4. The molecule has 2 rings (SSSR count). The molecular weight excluding hydrogens is 326 g/mol. The topological polar surface area (TPSA) is 35.2 Å². The Balaban J connectivity index is 2.17. The maximum absolute atomic E-state index is 6.08. The first-order valence-electron chi connectivity index (χ1n) is 6.08. The van der Waals surface area contributed by atoms with Crippen LogP contribution in [0.3, 0.4) is 0 Å². The van der Waals surface area contributed by atoms with E-state index in [4.69, 9.17) is 22.1 Å². The molecule has 0 saturated carbocycles. The highest BCUT2D eigenvalue weighted by Gasteiger charge is 2.06. The standard InChI is InChI=1S/C15H15BrClNO/c1-2-14(18)10-3-6-12(7-4-10)19-15-9-11(16)5-8-13(15)17/h3-9,14H,2,18H2,1H3/t14-/m1/s1. The number of rotatable bonds is 4. The summed E-state index contributed by atoms with van der Waals surface area (Å²) >= 11 is 9.48. The molecule has 2 N–H and O–H groups in total. The van der Waals surface area contributed by atoms with Crippen molar-refractivity contribution in [1.82, 2.24) is 0 Å². The van der Waals surface area contributed by atoms with Gasteiger partial charge in [0.1, 0.15) is 11.5 Å². The summed E-state index contributed by atoms with van der Waals surface area (Å²) in [6.07, 6.45) is 0.914. The Hall–Kier alpha value is -1.03. The van der Waals surface area contributed by atoms with Crippen molar-refractivity contribution in [3.63, 3.8) is 0 Å². The Morgan fingerprint density at radius 2 is 1.89 bits per heavy atom. The zero-order valence-corrected chi connectivity index (χ0v) is 12.9. The van der Waals surface area contributed by atoms with Crippen LogP contribution in [-0.4, -0.2) is 0 Å². The van der Waals surface area contributed by atoms with Crippen LogP contribution in [0.2, 0.25) is 5.02 Å². The van der Waals surface area contributed by atoms with Crippen molar-refractivity contribution in [2.75, 3.05) is 0 Å². The van der Waals surface area contributed by atoms with Crippen molar-refractivity contribution in [2.45, 2.75) is 19.4 Å². The summed E-state index contributed by atoms with van der Waals surface area (Å²) in [6.45, 7) is 2.07. The zero-order valence-electron chi connectivity index (χ0n) is 10.6. The molecule has 0 amide bonds. The fourth-order valence-electron chi connectivity index (χ4n) is 1.70. The minimum atomic E-state index is 0.0727. The lowest BCUT2D eigenvalue weighted by molar-refractivity contribution is 0.482. The van der Waals surface area contributed by atoms with E-state index in [-0.39, 0.29) is 6.04 Å². The van der Waals surface area contributed by atoms with Gasteiger partial charge in [0.05, 0.1) is 5.02 Å². The largest absolute Gasteiger partial charge is 0.456 e. The van der Waals surface area contributed by atoms with E-state index in [2.05, 4.69) is 22.9 Å². The highest BCUT2D eigenvalue weighted by Crippen LogP contribution is 2.32. The summed E-state index contributed by atoms with van der Waals surface area (Å²) in [7, 11) is 0. The molecule has 100 valence electrons. The minimum absolute atomic E-state index is 0.0727. The number of ether oxygens (including phenoxy) is 1. The van der Waals surface area contributed by atoms with Gasteiger partial charge in [-0.15, -0.1) is 0 Å². The smallest absolute Gasteiger partial charge is 0.147 e. The molecule has 19 heavy (non-hydrogen) atoms. The first-order valence-corrected chi connectivity index (χ1v) is 7.25. The van der Waals surface area contributed by atoms with E-state index in [0.29, 0.717) is 10.8 Å². The number of nitrogens with two attached hydrogens (primary N) is 1. The van der Waals surface area contributed by atoms with Gasteiger partial charge >= 0.3 is 0 Å². The second-order valence-corrected chi connectivity index (χ2v) is 5.58. The average molecular weight is 341 g/mol. The van der Waals surface area contributed by atoms with Gasteiger partial charge in [0.15, 0.2) is 0 Å². The summed E-state index contributed by atoms with van der Waals surface area (Å²) in [5, 5.41) is 0.581. The zero-order chi connectivity index (χ0) is 13.8. The summed E-state index contributed by atoms with van der Waals surface area (Å²) in [5.74, 6) is 1.37. The molecule has 0 unspecified atom stereocenters. The average Bonchev–Trinajstić information content (AvgIpc) is 2.43. The van der Waals surface area contributed by atoms with Crippen LogP contribution >= 0.6 is 27.5 Å². The minimum Gasteiger partial charge on any atom is -0.456 e. The molecular formula is C15H15BrClNO. The number of hydrogen-bond donors (Lipinski definition) is 1. The fourth-order valence-corrected chi connectivity index (χ4v) is 2.20. The fraction of sp³-hybridized carbons (Fsp3) is 0.200. The van der Waals surface area contributed by atoms with Gasteiger partial charge in [0.2, 0.25) is 0 Å². The third kappa shape index (κ3) is 3.72. The monoisotopic (exact) mass is 339 g/mol. The second-order valence-electron chi connectivity index (χ2n) is 4.26. The molecule has 4 heteroatoms. The quantitative estimate of drug-likeness (QED) is 0.819. The van der Waals surface area contributed by atoms with Crippen LogP contribution in [0.4, 0.5) is 0 Å².